The third-order valence-electron chi connectivity index (χ3n) is 3.74. The van der Waals surface area contributed by atoms with Crippen molar-refractivity contribution in [2.45, 2.75) is 45.4 Å². The van der Waals surface area contributed by atoms with Crippen LogP contribution in [0.2, 0.25) is 0 Å². The Morgan fingerprint density at radius 1 is 1.08 bits per heavy atom. The SMILES string of the molecule is CCCCNc1ccc(NS(=O)(=O)c2c(C)cc(C)cc2C)nc1. The number of aryl methyl sites for hydroxylation is 3. The van der Waals surface area contributed by atoms with Crippen molar-refractivity contribution in [3.8, 4) is 0 Å². The number of nitrogens with one attached hydrogen (secondary N) is 2. The van der Waals surface area contributed by atoms with E-state index in [1.165, 1.54) is 0 Å². The van der Waals surface area contributed by atoms with E-state index >= 15 is 0 Å². The Bertz CT molecular complexity index is 777. The number of hydrogen-bond acceptors (Lipinski definition) is 4. The summed E-state index contributed by atoms with van der Waals surface area (Å²) in [5, 5.41) is 3.25. The molecule has 0 amide bonds. The van der Waals surface area contributed by atoms with Crippen molar-refractivity contribution in [1.82, 2.24) is 4.98 Å². The normalized spacial score (nSPS) is 11.3. The number of anilines is 2. The molecule has 1 aromatic carbocycles. The van der Waals surface area contributed by atoms with Gasteiger partial charge in [-0.15, -0.1) is 0 Å². The summed E-state index contributed by atoms with van der Waals surface area (Å²) in [4.78, 5) is 4.51. The summed E-state index contributed by atoms with van der Waals surface area (Å²) in [7, 11) is -3.66. The topological polar surface area (TPSA) is 71.1 Å². The van der Waals surface area contributed by atoms with Gasteiger partial charge in [-0.05, 0) is 50.5 Å². The first-order valence-corrected chi connectivity index (χ1v) is 9.62. The van der Waals surface area contributed by atoms with Gasteiger partial charge in [0.25, 0.3) is 10.0 Å². The maximum Gasteiger partial charge on any atom is 0.263 e. The molecule has 0 aliphatic rings. The minimum Gasteiger partial charge on any atom is -0.384 e. The highest BCUT2D eigenvalue weighted by atomic mass is 32.2. The lowest BCUT2D eigenvalue weighted by Gasteiger charge is -2.13. The molecule has 5 nitrogen and oxygen atoms in total. The summed E-state index contributed by atoms with van der Waals surface area (Å²) in [6.45, 7) is 8.58. The van der Waals surface area contributed by atoms with Crippen molar-refractivity contribution in [3.05, 3.63) is 47.2 Å². The molecule has 0 bridgehead atoms. The molecule has 0 saturated heterocycles. The molecule has 2 aromatic rings. The summed E-state index contributed by atoms with van der Waals surface area (Å²) < 4.78 is 27.9. The highest BCUT2D eigenvalue weighted by Crippen LogP contribution is 2.24. The predicted molar refractivity (Wildman–Crippen MR) is 99.1 cm³/mol. The first-order valence-electron chi connectivity index (χ1n) is 8.14. The Labute approximate surface area is 144 Å². The lowest BCUT2D eigenvalue weighted by molar-refractivity contribution is 0.600. The molecule has 1 aromatic heterocycles. The molecule has 0 saturated carbocycles. The van der Waals surface area contributed by atoms with Crippen LogP contribution in [0.1, 0.15) is 36.5 Å². The van der Waals surface area contributed by atoms with E-state index in [9.17, 15) is 8.42 Å². The molecule has 24 heavy (non-hydrogen) atoms. The van der Waals surface area contributed by atoms with Crippen LogP contribution in [0.25, 0.3) is 0 Å². The van der Waals surface area contributed by atoms with E-state index < -0.39 is 10.0 Å². The van der Waals surface area contributed by atoms with Crippen molar-refractivity contribution in [2.75, 3.05) is 16.6 Å². The zero-order valence-corrected chi connectivity index (χ0v) is 15.5. The van der Waals surface area contributed by atoms with E-state index in [1.807, 2.05) is 39.0 Å². The number of unbranched alkanes of at least 4 members (excludes halogenated alkanes) is 1. The van der Waals surface area contributed by atoms with Gasteiger partial charge in [0.2, 0.25) is 0 Å². The van der Waals surface area contributed by atoms with Gasteiger partial charge >= 0.3 is 0 Å². The second-order valence-electron chi connectivity index (χ2n) is 6.05. The van der Waals surface area contributed by atoms with Crippen LogP contribution in [0.5, 0.6) is 0 Å². The van der Waals surface area contributed by atoms with E-state index in [0.29, 0.717) is 10.7 Å². The quantitative estimate of drug-likeness (QED) is 0.742. The zero-order chi connectivity index (χ0) is 17.7. The van der Waals surface area contributed by atoms with E-state index in [1.54, 1.807) is 12.3 Å². The zero-order valence-electron chi connectivity index (χ0n) is 14.7. The van der Waals surface area contributed by atoms with Gasteiger partial charge < -0.3 is 5.32 Å². The highest BCUT2D eigenvalue weighted by Gasteiger charge is 2.20. The average Bonchev–Trinajstić information content (AvgIpc) is 2.47. The number of sulfonamides is 1. The Morgan fingerprint density at radius 3 is 2.29 bits per heavy atom. The van der Waals surface area contributed by atoms with Crippen LogP contribution in [0, 0.1) is 20.8 Å². The van der Waals surface area contributed by atoms with Crippen molar-refractivity contribution in [2.24, 2.45) is 0 Å². The second kappa shape index (κ2) is 7.66. The van der Waals surface area contributed by atoms with Crippen LogP contribution < -0.4 is 10.0 Å². The summed E-state index contributed by atoms with van der Waals surface area (Å²) >= 11 is 0. The van der Waals surface area contributed by atoms with Gasteiger partial charge in [-0.2, -0.15) is 0 Å². The second-order valence-corrected chi connectivity index (χ2v) is 7.67. The highest BCUT2D eigenvalue weighted by molar-refractivity contribution is 7.92. The molecule has 0 atom stereocenters. The molecule has 0 fully saturated rings. The van der Waals surface area contributed by atoms with Crippen LogP contribution >= 0.6 is 0 Å². The van der Waals surface area contributed by atoms with Gasteiger partial charge in [-0.3, -0.25) is 4.72 Å². The first-order chi connectivity index (χ1) is 11.3. The first kappa shape index (κ1) is 18.3. The van der Waals surface area contributed by atoms with Gasteiger partial charge in [0.15, 0.2) is 0 Å². The molecular formula is C18H25N3O2S. The molecule has 0 aliphatic heterocycles. The van der Waals surface area contributed by atoms with Gasteiger partial charge in [0.1, 0.15) is 5.82 Å². The van der Waals surface area contributed by atoms with Crippen LogP contribution in [-0.4, -0.2) is 19.9 Å². The third kappa shape index (κ3) is 4.47. The average molecular weight is 347 g/mol. The van der Waals surface area contributed by atoms with E-state index in [4.69, 9.17) is 0 Å². The molecule has 0 radical (unpaired) electrons. The standard InChI is InChI=1S/C18H25N3O2S/c1-5-6-9-19-16-7-8-17(20-12-16)21-24(22,23)18-14(3)10-13(2)11-15(18)4/h7-8,10-12,19H,5-6,9H2,1-4H3,(H,20,21). The molecule has 0 spiro atoms. The van der Waals surface area contributed by atoms with Crippen molar-refractivity contribution >= 4 is 21.5 Å². The summed E-state index contributed by atoms with van der Waals surface area (Å²) in [6.07, 6.45) is 3.84. The fraction of sp³-hybridized carbons (Fsp3) is 0.389. The van der Waals surface area contributed by atoms with Gasteiger partial charge in [0.05, 0.1) is 16.8 Å². The van der Waals surface area contributed by atoms with Gasteiger partial charge in [-0.1, -0.05) is 31.0 Å². The lowest BCUT2D eigenvalue weighted by Crippen LogP contribution is -2.16. The number of rotatable bonds is 7. The molecular weight excluding hydrogens is 322 g/mol. The number of benzene rings is 1. The van der Waals surface area contributed by atoms with Gasteiger partial charge in [0, 0.05) is 6.54 Å². The van der Waals surface area contributed by atoms with Crippen LogP contribution in [-0.2, 0) is 10.0 Å². The number of aromatic nitrogens is 1. The fourth-order valence-corrected chi connectivity index (χ4v) is 4.21. The van der Waals surface area contributed by atoms with Crippen LogP contribution in [0.4, 0.5) is 11.5 Å². The summed E-state index contributed by atoms with van der Waals surface area (Å²) in [6, 6.07) is 7.24. The largest absolute Gasteiger partial charge is 0.384 e. The predicted octanol–water partition coefficient (Wildman–Crippen LogP) is 4.02. The number of hydrogen-bond donors (Lipinski definition) is 2. The van der Waals surface area contributed by atoms with Crippen molar-refractivity contribution in [1.29, 1.82) is 0 Å². The smallest absolute Gasteiger partial charge is 0.263 e. The maximum absolute atomic E-state index is 12.7. The monoisotopic (exact) mass is 347 g/mol. The van der Waals surface area contributed by atoms with E-state index in [0.717, 1.165) is 41.8 Å². The lowest BCUT2D eigenvalue weighted by atomic mass is 10.1. The fourth-order valence-electron chi connectivity index (χ4n) is 2.75. The number of nitrogens with zero attached hydrogens (tertiary/aromatic N) is 1. The third-order valence-corrected chi connectivity index (χ3v) is 5.39. The molecule has 130 valence electrons. The summed E-state index contributed by atoms with van der Waals surface area (Å²) in [5.74, 6) is 0.315. The Morgan fingerprint density at radius 2 is 1.75 bits per heavy atom. The van der Waals surface area contributed by atoms with Crippen LogP contribution in [0.15, 0.2) is 35.4 Å². The molecule has 0 aliphatic carbocycles. The Balaban J connectivity index is 2.18. The molecule has 0 unspecified atom stereocenters. The van der Waals surface area contributed by atoms with Gasteiger partial charge in [-0.25, -0.2) is 13.4 Å². The Kier molecular flexibility index (Phi) is 5.83. The van der Waals surface area contributed by atoms with E-state index in [2.05, 4.69) is 21.9 Å². The van der Waals surface area contributed by atoms with Crippen LogP contribution in [0.3, 0.4) is 0 Å². The molecule has 6 heteroatoms. The summed E-state index contributed by atoms with van der Waals surface area (Å²) in [5.41, 5.74) is 3.40. The number of pyridine rings is 1. The maximum atomic E-state index is 12.7. The minimum atomic E-state index is -3.66. The van der Waals surface area contributed by atoms with Crippen molar-refractivity contribution < 1.29 is 8.42 Å². The minimum absolute atomic E-state index is 0.315. The molecule has 2 N–H and O–H groups in total. The van der Waals surface area contributed by atoms with E-state index in [-0.39, 0.29) is 0 Å². The molecule has 1 heterocycles. The Hall–Kier alpha value is -2.08. The molecule has 2 rings (SSSR count). The van der Waals surface area contributed by atoms with Crippen molar-refractivity contribution in [3.63, 3.8) is 0 Å².